The summed E-state index contributed by atoms with van der Waals surface area (Å²) in [4.78, 5) is 15.0. The van der Waals surface area contributed by atoms with Crippen LogP contribution < -0.4 is 15.0 Å². The van der Waals surface area contributed by atoms with Gasteiger partial charge in [0.2, 0.25) is 0 Å². The number of nitrogens with one attached hydrogen (secondary N) is 1. The Bertz CT molecular complexity index is 822. The van der Waals surface area contributed by atoms with Gasteiger partial charge < -0.3 is 24.4 Å². The number of benzene rings is 2. The Balaban J connectivity index is 1.84. The summed E-state index contributed by atoms with van der Waals surface area (Å²) >= 11 is 6.45. The fourth-order valence-corrected chi connectivity index (χ4v) is 3.46. The van der Waals surface area contributed by atoms with E-state index >= 15 is 0 Å². The molecule has 1 N–H and O–H groups in total. The Hall–Kier alpha value is -2.28. The molecule has 0 aromatic heterocycles. The van der Waals surface area contributed by atoms with E-state index in [0.29, 0.717) is 48.5 Å². The Labute approximate surface area is 170 Å². The van der Waals surface area contributed by atoms with E-state index in [-0.39, 0.29) is 5.91 Å². The van der Waals surface area contributed by atoms with Crippen LogP contribution in [0.4, 0.5) is 11.4 Å². The second-order valence-corrected chi connectivity index (χ2v) is 6.76. The minimum atomic E-state index is -0.211. The minimum absolute atomic E-state index is 0.211. The average molecular weight is 405 g/mol. The normalized spacial score (nSPS) is 14.0. The van der Waals surface area contributed by atoms with Gasteiger partial charge in [0.15, 0.2) is 0 Å². The number of morpholine rings is 1. The van der Waals surface area contributed by atoms with E-state index in [9.17, 15) is 4.79 Å². The van der Waals surface area contributed by atoms with Crippen LogP contribution in [0, 0.1) is 0 Å². The Kier molecular flexibility index (Phi) is 7.14. The molecule has 3 rings (SSSR count). The third-order valence-electron chi connectivity index (χ3n) is 4.57. The van der Waals surface area contributed by atoms with Crippen molar-refractivity contribution in [2.24, 2.45) is 0 Å². The maximum absolute atomic E-state index is 12.9. The highest BCUT2D eigenvalue weighted by Crippen LogP contribution is 2.35. The minimum Gasteiger partial charge on any atom is -0.496 e. The average Bonchev–Trinajstić information content (AvgIpc) is 2.72. The van der Waals surface area contributed by atoms with Gasteiger partial charge in [-0.15, -0.1) is 0 Å². The smallest absolute Gasteiger partial charge is 0.255 e. The molecule has 0 atom stereocenters. The van der Waals surface area contributed by atoms with Crippen molar-refractivity contribution in [2.75, 3.05) is 50.2 Å². The van der Waals surface area contributed by atoms with Gasteiger partial charge in [-0.05, 0) is 37.3 Å². The van der Waals surface area contributed by atoms with Crippen LogP contribution in [-0.4, -0.2) is 45.9 Å². The number of ether oxygens (including phenoxy) is 3. The second-order valence-electron chi connectivity index (χ2n) is 6.35. The van der Waals surface area contributed by atoms with Gasteiger partial charge in [-0.3, -0.25) is 4.79 Å². The summed E-state index contributed by atoms with van der Waals surface area (Å²) in [6.07, 6.45) is 0. The predicted octanol–water partition coefficient (Wildman–Crippen LogP) is 3.97. The molecule has 0 unspecified atom stereocenters. The van der Waals surface area contributed by atoms with Gasteiger partial charge in [0.25, 0.3) is 5.91 Å². The number of carbonyl (C=O) groups is 1. The summed E-state index contributed by atoms with van der Waals surface area (Å²) in [7, 11) is 1.60. The number of para-hydroxylation sites is 1. The third kappa shape index (κ3) is 4.76. The highest BCUT2D eigenvalue weighted by molar-refractivity contribution is 6.34. The van der Waals surface area contributed by atoms with Crippen LogP contribution in [0.25, 0.3) is 0 Å². The van der Waals surface area contributed by atoms with Crippen LogP contribution in [0.5, 0.6) is 5.75 Å². The standard InChI is InChI=1S/C21H25ClN2O4/c1-3-27-14-16-13-15(7-8-19(16)26-2)21(25)23-18-6-4-5-17(22)20(18)24-9-11-28-12-10-24/h4-8,13H,3,9-12,14H2,1-2H3,(H,23,25). The zero-order valence-electron chi connectivity index (χ0n) is 16.2. The van der Waals surface area contributed by atoms with E-state index in [0.717, 1.165) is 24.3 Å². The molecule has 2 aromatic carbocycles. The molecule has 1 amide bonds. The largest absolute Gasteiger partial charge is 0.496 e. The lowest BCUT2D eigenvalue weighted by Crippen LogP contribution is -2.37. The molecule has 0 radical (unpaired) electrons. The molecule has 2 aromatic rings. The van der Waals surface area contributed by atoms with Crippen molar-refractivity contribution in [2.45, 2.75) is 13.5 Å². The lowest BCUT2D eigenvalue weighted by atomic mass is 10.1. The monoisotopic (exact) mass is 404 g/mol. The van der Waals surface area contributed by atoms with Gasteiger partial charge in [0.05, 0.1) is 43.3 Å². The van der Waals surface area contributed by atoms with Gasteiger partial charge in [0, 0.05) is 30.8 Å². The number of nitrogens with zero attached hydrogens (tertiary/aromatic N) is 1. The molecule has 1 aliphatic heterocycles. The number of carbonyl (C=O) groups excluding carboxylic acids is 1. The van der Waals surface area contributed by atoms with E-state index in [1.54, 1.807) is 25.3 Å². The lowest BCUT2D eigenvalue weighted by molar-refractivity contribution is 0.102. The van der Waals surface area contributed by atoms with Crippen molar-refractivity contribution < 1.29 is 19.0 Å². The number of methoxy groups -OCH3 is 1. The molecule has 0 spiro atoms. The zero-order chi connectivity index (χ0) is 19.9. The van der Waals surface area contributed by atoms with E-state index < -0.39 is 0 Å². The number of hydrogen-bond acceptors (Lipinski definition) is 5. The van der Waals surface area contributed by atoms with Gasteiger partial charge >= 0.3 is 0 Å². The molecule has 28 heavy (non-hydrogen) atoms. The molecule has 1 fully saturated rings. The summed E-state index contributed by atoms with van der Waals surface area (Å²) in [5.41, 5.74) is 2.87. The maximum Gasteiger partial charge on any atom is 0.255 e. The van der Waals surface area contributed by atoms with Gasteiger partial charge in [-0.25, -0.2) is 0 Å². The first-order chi connectivity index (χ1) is 13.6. The Morgan fingerprint density at radius 2 is 2.04 bits per heavy atom. The highest BCUT2D eigenvalue weighted by Gasteiger charge is 2.20. The molecule has 0 bridgehead atoms. The summed E-state index contributed by atoms with van der Waals surface area (Å²) in [5, 5.41) is 3.60. The Morgan fingerprint density at radius 1 is 1.25 bits per heavy atom. The molecule has 150 valence electrons. The topological polar surface area (TPSA) is 60.0 Å². The van der Waals surface area contributed by atoms with Crippen LogP contribution in [0.3, 0.4) is 0 Å². The second kappa shape index (κ2) is 9.78. The fraction of sp³-hybridized carbons (Fsp3) is 0.381. The summed E-state index contributed by atoms with van der Waals surface area (Å²) < 4.78 is 16.3. The molecule has 1 saturated heterocycles. The van der Waals surface area contributed by atoms with Crippen molar-refractivity contribution >= 4 is 28.9 Å². The Morgan fingerprint density at radius 3 is 2.75 bits per heavy atom. The predicted molar refractivity (Wildman–Crippen MR) is 111 cm³/mol. The number of rotatable bonds is 7. The number of hydrogen-bond donors (Lipinski definition) is 1. The third-order valence-corrected chi connectivity index (χ3v) is 4.87. The van der Waals surface area contributed by atoms with Crippen LogP contribution >= 0.6 is 11.6 Å². The maximum atomic E-state index is 12.9. The van der Waals surface area contributed by atoms with Crippen molar-refractivity contribution in [3.63, 3.8) is 0 Å². The van der Waals surface area contributed by atoms with Crippen LogP contribution in [0.2, 0.25) is 5.02 Å². The van der Waals surface area contributed by atoms with Crippen molar-refractivity contribution in [1.29, 1.82) is 0 Å². The van der Waals surface area contributed by atoms with E-state index in [1.165, 1.54) is 0 Å². The quantitative estimate of drug-likeness (QED) is 0.756. The van der Waals surface area contributed by atoms with Crippen LogP contribution in [-0.2, 0) is 16.1 Å². The van der Waals surface area contributed by atoms with Gasteiger partial charge in [-0.2, -0.15) is 0 Å². The molecule has 0 aliphatic carbocycles. The first kappa shape index (κ1) is 20.5. The number of amides is 1. The van der Waals surface area contributed by atoms with Crippen molar-refractivity contribution in [1.82, 2.24) is 0 Å². The van der Waals surface area contributed by atoms with E-state index in [4.69, 9.17) is 25.8 Å². The first-order valence-electron chi connectivity index (χ1n) is 9.31. The van der Waals surface area contributed by atoms with E-state index in [2.05, 4.69) is 10.2 Å². The molecule has 1 aliphatic rings. The zero-order valence-corrected chi connectivity index (χ0v) is 16.9. The summed E-state index contributed by atoms with van der Waals surface area (Å²) in [5.74, 6) is 0.485. The number of anilines is 2. The summed E-state index contributed by atoms with van der Waals surface area (Å²) in [6, 6.07) is 10.8. The van der Waals surface area contributed by atoms with Gasteiger partial charge in [0.1, 0.15) is 5.75 Å². The SMILES string of the molecule is CCOCc1cc(C(=O)Nc2cccc(Cl)c2N2CCOCC2)ccc1OC. The van der Waals surface area contributed by atoms with Crippen molar-refractivity contribution in [3.8, 4) is 5.75 Å². The molecular weight excluding hydrogens is 380 g/mol. The number of halogens is 1. The van der Waals surface area contributed by atoms with Gasteiger partial charge in [-0.1, -0.05) is 17.7 Å². The van der Waals surface area contributed by atoms with E-state index in [1.807, 2.05) is 25.1 Å². The first-order valence-corrected chi connectivity index (χ1v) is 9.69. The molecule has 0 saturated carbocycles. The molecular formula is C21H25ClN2O4. The molecule has 7 heteroatoms. The fourth-order valence-electron chi connectivity index (χ4n) is 3.16. The van der Waals surface area contributed by atoms with Crippen LogP contribution in [0.15, 0.2) is 36.4 Å². The molecule has 1 heterocycles. The van der Waals surface area contributed by atoms with Crippen molar-refractivity contribution in [3.05, 3.63) is 52.5 Å². The molecule has 6 nitrogen and oxygen atoms in total. The highest BCUT2D eigenvalue weighted by atomic mass is 35.5. The summed E-state index contributed by atoms with van der Waals surface area (Å²) in [6.45, 7) is 5.63. The van der Waals surface area contributed by atoms with Crippen LogP contribution in [0.1, 0.15) is 22.8 Å². The lowest BCUT2D eigenvalue weighted by Gasteiger charge is -2.31.